The second-order valence-corrected chi connectivity index (χ2v) is 5.56. The van der Waals surface area contributed by atoms with Crippen LogP contribution in [0.15, 0.2) is 48.5 Å². The standard InChI is InChI=1S/C17H18FN/c1-12-9-13(11-15(18)10-12)16(19)17(7-8-17)14-5-3-2-4-6-14/h2-6,9-11,16H,7-8,19H2,1H3. The van der Waals surface area contributed by atoms with Crippen molar-refractivity contribution in [3.8, 4) is 0 Å². The molecule has 1 unspecified atom stereocenters. The first-order chi connectivity index (χ1) is 9.12. The van der Waals surface area contributed by atoms with Crippen molar-refractivity contribution in [3.05, 3.63) is 71.0 Å². The molecule has 0 bridgehead atoms. The Bertz CT molecular complexity index is 567. The molecule has 0 aromatic heterocycles. The van der Waals surface area contributed by atoms with Crippen LogP contribution in [0.25, 0.3) is 0 Å². The average molecular weight is 255 g/mol. The van der Waals surface area contributed by atoms with Gasteiger partial charge in [0.25, 0.3) is 0 Å². The van der Waals surface area contributed by atoms with Crippen LogP contribution in [0.5, 0.6) is 0 Å². The molecule has 1 fully saturated rings. The molecule has 1 nitrogen and oxygen atoms in total. The summed E-state index contributed by atoms with van der Waals surface area (Å²) in [5.41, 5.74) is 9.53. The molecule has 2 aromatic rings. The molecule has 1 aliphatic rings. The van der Waals surface area contributed by atoms with Gasteiger partial charge in [-0.3, -0.25) is 0 Å². The minimum Gasteiger partial charge on any atom is -0.323 e. The first-order valence-electron chi connectivity index (χ1n) is 6.70. The minimum atomic E-state index is -0.200. The van der Waals surface area contributed by atoms with E-state index >= 15 is 0 Å². The lowest BCUT2D eigenvalue weighted by atomic mass is 9.84. The quantitative estimate of drug-likeness (QED) is 0.885. The Morgan fingerprint density at radius 2 is 1.79 bits per heavy atom. The summed E-state index contributed by atoms with van der Waals surface area (Å²) < 4.78 is 13.5. The van der Waals surface area contributed by atoms with E-state index in [1.807, 2.05) is 31.2 Å². The monoisotopic (exact) mass is 255 g/mol. The summed E-state index contributed by atoms with van der Waals surface area (Å²) in [5.74, 6) is -0.200. The van der Waals surface area contributed by atoms with Gasteiger partial charge >= 0.3 is 0 Å². The van der Waals surface area contributed by atoms with E-state index in [0.29, 0.717) is 0 Å². The van der Waals surface area contributed by atoms with Crippen LogP contribution in [0.1, 0.15) is 35.6 Å². The third-order valence-corrected chi connectivity index (χ3v) is 4.16. The first-order valence-corrected chi connectivity index (χ1v) is 6.70. The van der Waals surface area contributed by atoms with Gasteiger partial charge in [0.05, 0.1) is 0 Å². The fourth-order valence-corrected chi connectivity index (χ4v) is 2.95. The zero-order chi connectivity index (χ0) is 13.5. The summed E-state index contributed by atoms with van der Waals surface area (Å²) in [7, 11) is 0. The summed E-state index contributed by atoms with van der Waals surface area (Å²) in [4.78, 5) is 0. The van der Waals surface area contributed by atoms with Crippen LogP contribution < -0.4 is 5.73 Å². The summed E-state index contributed by atoms with van der Waals surface area (Å²) in [6, 6.07) is 15.3. The zero-order valence-electron chi connectivity index (χ0n) is 11.1. The van der Waals surface area contributed by atoms with Gasteiger partial charge in [-0.2, -0.15) is 0 Å². The summed E-state index contributed by atoms with van der Waals surface area (Å²) >= 11 is 0. The van der Waals surface area contributed by atoms with Crippen LogP contribution >= 0.6 is 0 Å². The largest absolute Gasteiger partial charge is 0.323 e. The second kappa shape index (κ2) is 4.46. The molecule has 0 saturated heterocycles. The highest BCUT2D eigenvalue weighted by molar-refractivity contribution is 5.39. The molecule has 2 N–H and O–H groups in total. The fourth-order valence-electron chi connectivity index (χ4n) is 2.95. The highest BCUT2D eigenvalue weighted by Gasteiger charge is 2.49. The molecule has 2 heteroatoms. The van der Waals surface area contributed by atoms with E-state index < -0.39 is 0 Å². The lowest BCUT2D eigenvalue weighted by molar-refractivity contribution is 0.535. The predicted molar refractivity (Wildman–Crippen MR) is 75.4 cm³/mol. The SMILES string of the molecule is Cc1cc(F)cc(C(N)C2(c3ccccc3)CC2)c1. The Morgan fingerprint density at radius 3 is 2.37 bits per heavy atom. The molecule has 0 amide bonds. The van der Waals surface area contributed by atoms with Gasteiger partial charge in [-0.25, -0.2) is 4.39 Å². The minimum absolute atomic E-state index is 0.00148. The molecule has 0 spiro atoms. The van der Waals surface area contributed by atoms with Crippen LogP contribution in [-0.4, -0.2) is 0 Å². The second-order valence-electron chi connectivity index (χ2n) is 5.56. The van der Waals surface area contributed by atoms with Crippen LogP contribution in [0.3, 0.4) is 0 Å². The molecule has 1 aliphatic carbocycles. The van der Waals surface area contributed by atoms with Gasteiger partial charge in [-0.15, -0.1) is 0 Å². The molecule has 98 valence electrons. The van der Waals surface area contributed by atoms with Crippen LogP contribution in [0.4, 0.5) is 4.39 Å². The number of hydrogen-bond donors (Lipinski definition) is 1. The molecule has 1 atom stereocenters. The lowest BCUT2D eigenvalue weighted by Gasteiger charge is -2.24. The number of aryl methyl sites for hydroxylation is 1. The van der Waals surface area contributed by atoms with E-state index in [2.05, 4.69) is 12.1 Å². The van der Waals surface area contributed by atoms with Crippen molar-refractivity contribution >= 4 is 0 Å². The van der Waals surface area contributed by atoms with E-state index in [1.165, 1.54) is 11.6 Å². The number of halogens is 1. The van der Waals surface area contributed by atoms with Gasteiger partial charge < -0.3 is 5.73 Å². The van der Waals surface area contributed by atoms with E-state index in [4.69, 9.17) is 5.73 Å². The van der Waals surface area contributed by atoms with Gasteiger partial charge in [-0.1, -0.05) is 36.4 Å². The highest BCUT2D eigenvalue weighted by atomic mass is 19.1. The molecular weight excluding hydrogens is 237 g/mol. The Labute approximate surface area is 113 Å². The maximum absolute atomic E-state index is 13.5. The summed E-state index contributed by atoms with van der Waals surface area (Å²) in [5, 5.41) is 0. The van der Waals surface area contributed by atoms with Crippen LogP contribution in [0, 0.1) is 12.7 Å². The molecule has 0 heterocycles. The van der Waals surface area contributed by atoms with Crippen molar-refractivity contribution in [2.45, 2.75) is 31.2 Å². The van der Waals surface area contributed by atoms with Crippen LogP contribution in [-0.2, 0) is 5.41 Å². The fraction of sp³-hybridized carbons (Fsp3) is 0.294. The Hall–Kier alpha value is -1.67. The van der Waals surface area contributed by atoms with Gasteiger partial charge in [0.1, 0.15) is 5.82 Å². The lowest BCUT2D eigenvalue weighted by Crippen LogP contribution is -2.26. The Balaban J connectivity index is 1.98. The van der Waals surface area contributed by atoms with Crippen molar-refractivity contribution in [1.29, 1.82) is 0 Å². The number of benzene rings is 2. The van der Waals surface area contributed by atoms with Crippen molar-refractivity contribution in [2.24, 2.45) is 5.73 Å². The van der Waals surface area contributed by atoms with Crippen molar-refractivity contribution in [3.63, 3.8) is 0 Å². The van der Waals surface area contributed by atoms with Crippen LogP contribution in [0.2, 0.25) is 0 Å². The van der Waals surface area contributed by atoms with E-state index in [9.17, 15) is 4.39 Å². The molecular formula is C17H18FN. The van der Waals surface area contributed by atoms with Gasteiger partial charge in [-0.05, 0) is 48.6 Å². The molecule has 0 aliphatic heterocycles. The van der Waals surface area contributed by atoms with Crippen molar-refractivity contribution < 1.29 is 4.39 Å². The van der Waals surface area contributed by atoms with Crippen molar-refractivity contribution in [1.82, 2.24) is 0 Å². The predicted octanol–water partition coefficient (Wildman–Crippen LogP) is 3.87. The Kier molecular flexibility index (Phi) is 2.90. The summed E-state index contributed by atoms with van der Waals surface area (Å²) in [6.07, 6.45) is 2.15. The third kappa shape index (κ3) is 2.17. The third-order valence-electron chi connectivity index (χ3n) is 4.16. The maximum Gasteiger partial charge on any atom is 0.123 e. The van der Waals surface area contributed by atoms with Gasteiger partial charge in [0.15, 0.2) is 0 Å². The molecule has 19 heavy (non-hydrogen) atoms. The molecule has 1 saturated carbocycles. The first kappa shape index (κ1) is 12.4. The molecule has 2 aromatic carbocycles. The number of hydrogen-bond acceptors (Lipinski definition) is 1. The topological polar surface area (TPSA) is 26.0 Å². The zero-order valence-corrected chi connectivity index (χ0v) is 11.1. The Morgan fingerprint density at radius 1 is 1.11 bits per heavy atom. The maximum atomic E-state index is 13.5. The number of nitrogens with two attached hydrogens (primary N) is 1. The van der Waals surface area contributed by atoms with E-state index in [0.717, 1.165) is 24.0 Å². The average Bonchev–Trinajstić information content (AvgIpc) is 3.19. The van der Waals surface area contributed by atoms with Crippen molar-refractivity contribution in [2.75, 3.05) is 0 Å². The van der Waals surface area contributed by atoms with Gasteiger partial charge in [0.2, 0.25) is 0 Å². The summed E-state index contributed by atoms with van der Waals surface area (Å²) in [6.45, 7) is 1.90. The number of rotatable bonds is 3. The normalized spacial score (nSPS) is 18.1. The van der Waals surface area contributed by atoms with Gasteiger partial charge in [0, 0.05) is 11.5 Å². The van der Waals surface area contributed by atoms with E-state index in [-0.39, 0.29) is 17.3 Å². The molecule has 0 radical (unpaired) electrons. The highest BCUT2D eigenvalue weighted by Crippen LogP contribution is 2.55. The molecule has 3 rings (SSSR count). The smallest absolute Gasteiger partial charge is 0.123 e. The van der Waals surface area contributed by atoms with E-state index in [1.54, 1.807) is 6.07 Å².